The predicted molar refractivity (Wildman–Crippen MR) is 53.5 cm³/mol. The van der Waals surface area contributed by atoms with Crippen molar-refractivity contribution in [3.05, 3.63) is 35.6 Å². The molecule has 1 N–H and O–H groups in total. The van der Waals surface area contributed by atoms with Crippen LogP contribution in [-0.2, 0) is 9.53 Å². The van der Waals surface area contributed by atoms with E-state index >= 15 is 0 Å². The lowest BCUT2D eigenvalue weighted by Crippen LogP contribution is -2.16. The first kappa shape index (κ1) is 9.58. The molecule has 1 aromatic rings. The molecule has 0 atom stereocenters. The molecule has 1 aromatic carbocycles. The molecule has 0 spiro atoms. The molecule has 1 heterocycles. The van der Waals surface area contributed by atoms with E-state index in [0.717, 1.165) is 0 Å². The minimum Gasteiger partial charge on any atom is -0.508 e. The molecule has 0 radical (unpaired) electrons. The van der Waals surface area contributed by atoms with Gasteiger partial charge in [-0.25, -0.2) is 4.79 Å². The van der Waals surface area contributed by atoms with E-state index in [2.05, 4.69) is 4.74 Å². The maximum absolute atomic E-state index is 11.4. The third-order valence-electron chi connectivity index (χ3n) is 2.20. The summed E-state index contributed by atoms with van der Waals surface area (Å²) in [7, 11) is 1.28. The molecule has 1 aliphatic heterocycles. The molecule has 4 nitrogen and oxygen atoms in total. The Morgan fingerprint density at radius 2 is 2.20 bits per heavy atom. The molecule has 0 fully saturated rings. The van der Waals surface area contributed by atoms with Crippen LogP contribution in [0.2, 0.25) is 0 Å². The summed E-state index contributed by atoms with van der Waals surface area (Å²) in [5.41, 5.74) is 0.743. The highest BCUT2D eigenvalue weighted by atomic mass is 16.5. The van der Waals surface area contributed by atoms with Crippen LogP contribution in [0.1, 0.15) is 5.56 Å². The summed E-state index contributed by atoms with van der Waals surface area (Å²) in [6, 6.07) is 7.02. The third-order valence-corrected chi connectivity index (χ3v) is 2.20. The van der Waals surface area contributed by atoms with E-state index in [0.29, 0.717) is 11.3 Å². The topological polar surface area (TPSA) is 55.8 Å². The Hall–Kier alpha value is -1.97. The Labute approximate surface area is 86.7 Å². The maximum Gasteiger partial charge on any atom is 0.342 e. The number of hydrogen-bond donors (Lipinski definition) is 1. The molecule has 0 aromatic heterocycles. The molecule has 0 bridgehead atoms. The monoisotopic (exact) mass is 206 g/mol. The van der Waals surface area contributed by atoms with Gasteiger partial charge < -0.3 is 14.6 Å². The lowest BCUT2D eigenvalue weighted by Gasteiger charge is -2.19. The van der Waals surface area contributed by atoms with Gasteiger partial charge in [0.05, 0.1) is 7.11 Å². The fourth-order valence-electron chi connectivity index (χ4n) is 1.50. The number of carbonyl (C=O) groups is 1. The summed E-state index contributed by atoms with van der Waals surface area (Å²) >= 11 is 0. The van der Waals surface area contributed by atoms with Gasteiger partial charge in [-0.15, -0.1) is 0 Å². The van der Waals surface area contributed by atoms with Crippen molar-refractivity contribution in [3.63, 3.8) is 0 Å². The number of methoxy groups -OCH3 is 1. The number of para-hydroxylation sites is 1. The van der Waals surface area contributed by atoms with Crippen molar-refractivity contribution >= 4 is 11.5 Å². The highest BCUT2D eigenvalue weighted by molar-refractivity contribution is 6.18. The summed E-state index contributed by atoms with van der Waals surface area (Å²) in [6.07, 6.45) is 0. The number of esters is 1. The SMILES string of the molecule is COC(=O)C1=C(O)COc2ccccc21. The van der Waals surface area contributed by atoms with Crippen molar-refractivity contribution in [1.82, 2.24) is 0 Å². The average Bonchev–Trinajstić information content (AvgIpc) is 2.28. The summed E-state index contributed by atoms with van der Waals surface area (Å²) in [4.78, 5) is 11.4. The van der Waals surface area contributed by atoms with Crippen LogP contribution in [0.3, 0.4) is 0 Å². The third kappa shape index (κ3) is 1.54. The molecule has 1 aliphatic rings. The van der Waals surface area contributed by atoms with E-state index in [-0.39, 0.29) is 17.9 Å². The first-order chi connectivity index (χ1) is 7.24. The lowest BCUT2D eigenvalue weighted by atomic mass is 10.0. The molecule has 0 saturated carbocycles. The zero-order valence-electron chi connectivity index (χ0n) is 8.19. The minimum atomic E-state index is -0.553. The maximum atomic E-state index is 11.4. The van der Waals surface area contributed by atoms with Gasteiger partial charge in [-0.2, -0.15) is 0 Å². The highest BCUT2D eigenvalue weighted by Crippen LogP contribution is 2.32. The number of ether oxygens (including phenoxy) is 2. The molecule has 2 rings (SSSR count). The second kappa shape index (κ2) is 3.65. The average molecular weight is 206 g/mol. The Balaban J connectivity index is 2.55. The Kier molecular flexibility index (Phi) is 2.33. The smallest absolute Gasteiger partial charge is 0.342 e. The van der Waals surface area contributed by atoms with E-state index in [1.807, 2.05) is 0 Å². The van der Waals surface area contributed by atoms with Crippen LogP contribution in [0, 0.1) is 0 Å². The van der Waals surface area contributed by atoms with Crippen molar-refractivity contribution in [2.24, 2.45) is 0 Å². The molecule has 0 amide bonds. The summed E-state index contributed by atoms with van der Waals surface area (Å²) in [5.74, 6) is -0.0699. The molecule has 78 valence electrons. The number of hydrogen-bond acceptors (Lipinski definition) is 4. The molecule has 0 aliphatic carbocycles. The summed E-state index contributed by atoms with van der Waals surface area (Å²) in [5, 5.41) is 9.57. The number of aliphatic hydroxyl groups is 1. The van der Waals surface area contributed by atoms with Gasteiger partial charge in [0.15, 0.2) is 0 Å². The van der Waals surface area contributed by atoms with Crippen molar-refractivity contribution in [1.29, 1.82) is 0 Å². The van der Waals surface area contributed by atoms with Crippen molar-refractivity contribution in [3.8, 4) is 5.75 Å². The fraction of sp³-hybridized carbons (Fsp3) is 0.182. The second-order valence-corrected chi connectivity index (χ2v) is 3.10. The van der Waals surface area contributed by atoms with Crippen molar-refractivity contribution in [2.75, 3.05) is 13.7 Å². The number of fused-ring (bicyclic) bond motifs is 1. The van der Waals surface area contributed by atoms with Gasteiger partial charge in [-0.3, -0.25) is 0 Å². The fourth-order valence-corrected chi connectivity index (χ4v) is 1.50. The molecule has 0 saturated heterocycles. The molecule has 15 heavy (non-hydrogen) atoms. The van der Waals surface area contributed by atoms with Crippen LogP contribution in [0.5, 0.6) is 5.75 Å². The predicted octanol–water partition coefficient (Wildman–Crippen LogP) is 1.52. The van der Waals surface area contributed by atoms with Crippen LogP contribution < -0.4 is 4.74 Å². The quantitative estimate of drug-likeness (QED) is 0.708. The van der Waals surface area contributed by atoms with E-state index in [9.17, 15) is 9.90 Å². The lowest BCUT2D eigenvalue weighted by molar-refractivity contribution is -0.133. The standard InChI is InChI=1S/C11H10O4/c1-14-11(13)10-7-4-2-3-5-9(7)15-6-8(10)12/h2-5,12H,6H2,1H3. The van der Waals surface area contributed by atoms with E-state index in [1.54, 1.807) is 24.3 Å². The second-order valence-electron chi connectivity index (χ2n) is 3.10. The van der Waals surface area contributed by atoms with Gasteiger partial charge in [0, 0.05) is 5.56 Å². The molecule has 4 heteroatoms. The highest BCUT2D eigenvalue weighted by Gasteiger charge is 2.25. The first-order valence-corrected chi connectivity index (χ1v) is 4.46. The molecular weight excluding hydrogens is 196 g/mol. The van der Waals surface area contributed by atoms with Gasteiger partial charge in [-0.05, 0) is 6.07 Å². The number of aliphatic hydroxyl groups excluding tert-OH is 1. The van der Waals surface area contributed by atoms with Gasteiger partial charge in [-0.1, -0.05) is 18.2 Å². The van der Waals surface area contributed by atoms with Crippen LogP contribution in [0.25, 0.3) is 5.57 Å². The normalized spacial score (nSPS) is 14.2. The number of carbonyl (C=O) groups excluding carboxylic acids is 1. The first-order valence-electron chi connectivity index (χ1n) is 4.46. The summed E-state index contributed by atoms with van der Waals surface area (Å²) in [6.45, 7) is 0.00144. The van der Waals surface area contributed by atoms with Crippen LogP contribution in [0.4, 0.5) is 0 Å². The van der Waals surface area contributed by atoms with Crippen molar-refractivity contribution < 1.29 is 19.4 Å². The van der Waals surface area contributed by atoms with Gasteiger partial charge in [0.2, 0.25) is 0 Å². The Morgan fingerprint density at radius 1 is 1.47 bits per heavy atom. The van der Waals surface area contributed by atoms with Gasteiger partial charge >= 0.3 is 5.97 Å². The Morgan fingerprint density at radius 3 is 2.93 bits per heavy atom. The van der Waals surface area contributed by atoms with E-state index in [4.69, 9.17) is 4.74 Å². The minimum absolute atomic E-state index is 0.00144. The molecule has 0 unspecified atom stereocenters. The number of benzene rings is 1. The van der Waals surface area contributed by atoms with E-state index in [1.165, 1.54) is 7.11 Å². The zero-order chi connectivity index (χ0) is 10.8. The Bertz CT molecular complexity index is 434. The largest absolute Gasteiger partial charge is 0.508 e. The van der Waals surface area contributed by atoms with Gasteiger partial charge in [0.1, 0.15) is 23.7 Å². The molecular formula is C11H10O4. The van der Waals surface area contributed by atoms with Crippen molar-refractivity contribution in [2.45, 2.75) is 0 Å². The van der Waals surface area contributed by atoms with Crippen LogP contribution in [-0.4, -0.2) is 24.8 Å². The van der Waals surface area contributed by atoms with Gasteiger partial charge in [0.25, 0.3) is 0 Å². The van der Waals surface area contributed by atoms with Crippen LogP contribution >= 0.6 is 0 Å². The number of rotatable bonds is 1. The van der Waals surface area contributed by atoms with E-state index < -0.39 is 5.97 Å². The van der Waals surface area contributed by atoms with Crippen LogP contribution in [0.15, 0.2) is 30.0 Å². The zero-order valence-corrected chi connectivity index (χ0v) is 8.19. The summed E-state index contributed by atoms with van der Waals surface area (Å²) < 4.78 is 9.85.